The number of rotatable bonds is 6. The number of phenols is 2. The lowest BCUT2D eigenvalue weighted by molar-refractivity contribution is 0.430. The van der Waals surface area contributed by atoms with E-state index in [2.05, 4.69) is 45.0 Å². The van der Waals surface area contributed by atoms with Crippen molar-refractivity contribution in [1.82, 2.24) is 0 Å². The molecule has 0 spiro atoms. The predicted molar refractivity (Wildman–Crippen MR) is 91.6 cm³/mol. The quantitative estimate of drug-likeness (QED) is 0.723. The highest BCUT2D eigenvalue weighted by molar-refractivity contribution is 5.49. The zero-order valence-corrected chi connectivity index (χ0v) is 13.8. The molecule has 2 N–H and O–H groups in total. The molecular weight excluding hydrogens is 272 g/mol. The third-order valence-corrected chi connectivity index (χ3v) is 4.69. The van der Waals surface area contributed by atoms with E-state index in [1.165, 1.54) is 24.5 Å². The Hall–Kier alpha value is -1.96. The average Bonchev–Trinajstić information content (AvgIpc) is 2.55. The van der Waals surface area contributed by atoms with Crippen molar-refractivity contribution in [2.75, 3.05) is 0 Å². The minimum Gasteiger partial charge on any atom is -0.508 e. The Morgan fingerprint density at radius 1 is 0.955 bits per heavy atom. The molecule has 0 amide bonds. The van der Waals surface area contributed by atoms with E-state index >= 15 is 0 Å². The van der Waals surface area contributed by atoms with E-state index in [0.29, 0.717) is 0 Å². The SMILES string of the molecule is CCCCc1ccc(C(C)(CC)c2cc(O)ccc2O)cc1. The summed E-state index contributed by atoms with van der Waals surface area (Å²) in [6, 6.07) is 13.4. The van der Waals surface area contributed by atoms with Gasteiger partial charge in [0.15, 0.2) is 0 Å². The van der Waals surface area contributed by atoms with E-state index < -0.39 is 0 Å². The van der Waals surface area contributed by atoms with Crippen LogP contribution in [-0.4, -0.2) is 10.2 Å². The molecule has 0 aromatic heterocycles. The summed E-state index contributed by atoms with van der Waals surface area (Å²) in [6.07, 6.45) is 4.36. The highest BCUT2D eigenvalue weighted by atomic mass is 16.3. The summed E-state index contributed by atoms with van der Waals surface area (Å²) in [5, 5.41) is 20.0. The van der Waals surface area contributed by atoms with Gasteiger partial charge in [-0.05, 0) is 48.6 Å². The standard InChI is InChI=1S/C20H26O2/c1-4-6-7-15-8-10-16(11-9-15)20(3,5-2)18-14-17(21)12-13-19(18)22/h8-14,21-22H,4-7H2,1-3H3. The highest BCUT2D eigenvalue weighted by Gasteiger charge is 2.30. The van der Waals surface area contributed by atoms with Gasteiger partial charge in [0.2, 0.25) is 0 Å². The van der Waals surface area contributed by atoms with Gasteiger partial charge in [0.25, 0.3) is 0 Å². The Morgan fingerprint density at radius 2 is 1.64 bits per heavy atom. The average molecular weight is 298 g/mol. The molecule has 22 heavy (non-hydrogen) atoms. The van der Waals surface area contributed by atoms with Crippen molar-refractivity contribution in [1.29, 1.82) is 0 Å². The monoisotopic (exact) mass is 298 g/mol. The molecule has 2 heteroatoms. The minimum absolute atomic E-state index is 0.187. The second-order valence-corrected chi connectivity index (χ2v) is 6.19. The number of phenolic OH excluding ortho intramolecular Hbond substituents is 2. The van der Waals surface area contributed by atoms with Gasteiger partial charge in [-0.25, -0.2) is 0 Å². The molecule has 2 aromatic rings. The fraction of sp³-hybridized carbons (Fsp3) is 0.400. The van der Waals surface area contributed by atoms with Crippen molar-refractivity contribution in [2.45, 2.75) is 51.9 Å². The summed E-state index contributed by atoms with van der Waals surface area (Å²) >= 11 is 0. The lowest BCUT2D eigenvalue weighted by Gasteiger charge is -2.30. The van der Waals surface area contributed by atoms with Crippen molar-refractivity contribution in [3.05, 3.63) is 59.2 Å². The molecule has 0 aliphatic rings. The van der Waals surface area contributed by atoms with Gasteiger partial charge in [0, 0.05) is 11.0 Å². The van der Waals surface area contributed by atoms with Crippen LogP contribution in [0.15, 0.2) is 42.5 Å². The van der Waals surface area contributed by atoms with Crippen LogP contribution >= 0.6 is 0 Å². The van der Waals surface area contributed by atoms with Crippen molar-refractivity contribution in [3.63, 3.8) is 0 Å². The van der Waals surface area contributed by atoms with Gasteiger partial charge in [-0.15, -0.1) is 0 Å². The van der Waals surface area contributed by atoms with E-state index in [1.807, 2.05) is 0 Å². The second-order valence-electron chi connectivity index (χ2n) is 6.19. The van der Waals surface area contributed by atoms with Crippen LogP contribution < -0.4 is 0 Å². The summed E-state index contributed by atoms with van der Waals surface area (Å²) in [7, 11) is 0. The van der Waals surface area contributed by atoms with Gasteiger partial charge in [-0.1, -0.05) is 51.5 Å². The minimum atomic E-state index is -0.313. The number of hydrogen-bond acceptors (Lipinski definition) is 2. The normalized spacial score (nSPS) is 13.8. The van der Waals surface area contributed by atoms with Crippen LogP contribution in [0, 0.1) is 0 Å². The molecule has 0 radical (unpaired) electrons. The molecule has 1 unspecified atom stereocenters. The topological polar surface area (TPSA) is 40.5 Å². The lowest BCUT2D eigenvalue weighted by Crippen LogP contribution is -2.22. The van der Waals surface area contributed by atoms with Crippen molar-refractivity contribution in [2.24, 2.45) is 0 Å². The molecule has 2 rings (SSSR count). The second kappa shape index (κ2) is 6.87. The van der Waals surface area contributed by atoms with Crippen LogP contribution in [0.3, 0.4) is 0 Å². The molecular formula is C20H26O2. The van der Waals surface area contributed by atoms with E-state index in [4.69, 9.17) is 0 Å². The first-order chi connectivity index (χ1) is 10.5. The maximum absolute atomic E-state index is 10.2. The molecule has 2 aromatic carbocycles. The number of unbranched alkanes of at least 4 members (excludes halogenated alkanes) is 1. The summed E-state index contributed by atoms with van der Waals surface area (Å²) in [6.45, 7) is 6.42. The van der Waals surface area contributed by atoms with Gasteiger partial charge in [-0.2, -0.15) is 0 Å². The van der Waals surface area contributed by atoms with Crippen LogP contribution in [0.2, 0.25) is 0 Å². The van der Waals surface area contributed by atoms with Gasteiger partial charge in [-0.3, -0.25) is 0 Å². The zero-order chi connectivity index (χ0) is 16.2. The summed E-state index contributed by atoms with van der Waals surface area (Å²) in [4.78, 5) is 0. The van der Waals surface area contributed by atoms with Crippen LogP contribution in [0.5, 0.6) is 11.5 Å². The van der Waals surface area contributed by atoms with Crippen molar-refractivity contribution in [3.8, 4) is 11.5 Å². The summed E-state index contributed by atoms with van der Waals surface area (Å²) in [5.41, 5.74) is 2.98. The molecule has 0 bridgehead atoms. The molecule has 0 heterocycles. The maximum Gasteiger partial charge on any atom is 0.119 e. The Kier molecular flexibility index (Phi) is 5.12. The molecule has 0 aliphatic heterocycles. The van der Waals surface area contributed by atoms with Crippen molar-refractivity contribution >= 4 is 0 Å². The Balaban J connectivity index is 2.39. The first kappa shape index (κ1) is 16.4. The van der Waals surface area contributed by atoms with Crippen LogP contribution in [0.4, 0.5) is 0 Å². The number of hydrogen-bond donors (Lipinski definition) is 2. The number of benzene rings is 2. The van der Waals surface area contributed by atoms with Gasteiger partial charge < -0.3 is 10.2 Å². The predicted octanol–water partition coefficient (Wildman–Crippen LogP) is 5.16. The van der Waals surface area contributed by atoms with E-state index in [-0.39, 0.29) is 16.9 Å². The fourth-order valence-corrected chi connectivity index (χ4v) is 2.94. The molecule has 118 valence electrons. The highest BCUT2D eigenvalue weighted by Crippen LogP contribution is 2.41. The van der Waals surface area contributed by atoms with E-state index in [9.17, 15) is 10.2 Å². The summed E-state index contributed by atoms with van der Waals surface area (Å²) < 4.78 is 0. The van der Waals surface area contributed by atoms with Gasteiger partial charge in [0.05, 0.1) is 0 Å². The number of aryl methyl sites for hydroxylation is 1. The Labute approximate surface area is 133 Å². The molecule has 1 atom stereocenters. The van der Waals surface area contributed by atoms with Crippen molar-refractivity contribution < 1.29 is 10.2 Å². The molecule has 0 saturated carbocycles. The molecule has 0 fully saturated rings. The molecule has 2 nitrogen and oxygen atoms in total. The van der Waals surface area contributed by atoms with E-state index in [0.717, 1.165) is 24.0 Å². The van der Waals surface area contributed by atoms with Crippen LogP contribution in [0.1, 0.15) is 56.7 Å². The van der Waals surface area contributed by atoms with E-state index in [1.54, 1.807) is 12.1 Å². The molecule has 0 saturated heterocycles. The maximum atomic E-state index is 10.2. The lowest BCUT2D eigenvalue weighted by atomic mass is 9.73. The molecule has 0 aliphatic carbocycles. The van der Waals surface area contributed by atoms with Gasteiger partial charge >= 0.3 is 0 Å². The summed E-state index contributed by atoms with van der Waals surface area (Å²) in [5.74, 6) is 0.421. The third-order valence-electron chi connectivity index (χ3n) is 4.69. The number of aromatic hydroxyl groups is 2. The van der Waals surface area contributed by atoms with Gasteiger partial charge in [0.1, 0.15) is 11.5 Å². The first-order valence-corrected chi connectivity index (χ1v) is 8.13. The third kappa shape index (κ3) is 3.27. The Morgan fingerprint density at radius 3 is 2.23 bits per heavy atom. The van der Waals surface area contributed by atoms with Crippen LogP contribution in [0.25, 0.3) is 0 Å². The van der Waals surface area contributed by atoms with Crippen LogP contribution in [-0.2, 0) is 11.8 Å². The zero-order valence-electron chi connectivity index (χ0n) is 13.8. The Bertz CT molecular complexity index is 616. The smallest absolute Gasteiger partial charge is 0.119 e. The fourth-order valence-electron chi connectivity index (χ4n) is 2.94. The first-order valence-electron chi connectivity index (χ1n) is 8.13. The largest absolute Gasteiger partial charge is 0.508 e.